The average molecular weight is 284 g/mol. The highest BCUT2D eigenvalue weighted by Crippen LogP contribution is 2.28. The van der Waals surface area contributed by atoms with Gasteiger partial charge in [0.05, 0.1) is 28.5 Å². The van der Waals surface area contributed by atoms with Gasteiger partial charge in [0.2, 0.25) is 0 Å². The van der Waals surface area contributed by atoms with Crippen molar-refractivity contribution >= 4 is 21.2 Å². The Labute approximate surface area is 114 Å². The van der Waals surface area contributed by atoms with Crippen molar-refractivity contribution < 1.29 is 13.2 Å². The predicted octanol–water partition coefficient (Wildman–Crippen LogP) is 1.29. The summed E-state index contributed by atoms with van der Waals surface area (Å²) in [6, 6.07) is 4.90. The van der Waals surface area contributed by atoms with Gasteiger partial charge in [-0.2, -0.15) is 0 Å². The van der Waals surface area contributed by atoms with Crippen LogP contribution in [0.5, 0.6) is 0 Å². The van der Waals surface area contributed by atoms with Crippen molar-refractivity contribution in [3.05, 3.63) is 18.2 Å². The molecule has 2 rings (SSSR count). The minimum Gasteiger partial charge on any atom is -0.397 e. The van der Waals surface area contributed by atoms with E-state index >= 15 is 0 Å². The lowest BCUT2D eigenvalue weighted by molar-refractivity contribution is -0.00517. The Morgan fingerprint density at radius 3 is 2.32 bits per heavy atom. The van der Waals surface area contributed by atoms with E-state index in [4.69, 9.17) is 10.5 Å². The van der Waals surface area contributed by atoms with Gasteiger partial charge in [-0.3, -0.25) is 0 Å². The fraction of sp³-hybridized carbons (Fsp3) is 0.538. The van der Waals surface area contributed by atoms with Crippen LogP contribution in [-0.4, -0.2) is 40.0 Å². The molecule has 0 aliphatic carbocycles. The van der Waals surface area contributed by atoms with E-state index < -0.39 is 9.84 Å². The minimum absolute atomic E-state index is 0.137. The number of ether oxygens (including phenoxy) is 1. The van der Waals surface area contributed by atoms with Crippen molar-refractivity contribution in [2.75, 3.05) is 30.0 Å². The summed E-state index contributed by atoms with van der Waals surface area (Å²) >= 11 is 0. The van der Waals surface area contributed by atoms with Crippen molar-refractivity contribution in [2.45, 2.75) is 31.0 Å². The van der Waals surface area contributed by atoms with E-state index in [-0.39, 0.29) is 17.1 Å². The van der Waals surface area contributed by atoms with E-state index in [1.807, 2.05) is 13.8 Å². The number of benzene rings is 1. The first-order valence-corrected chi connectivity index (χ1v) is 8.16. The Kier molecular flexibility index (Phi) is 3.73. The molecule has 19 heavy (non-hydrogen) atoms. The summed E-state index contributed by atoms with van der Waals surface area (Å²) in [7, 11) is -3.22. The Morgan fingerprint density at radius 1 is 1.26 bits per heavy atom. The first-order valence-electron chi connectivity index (χ1n) is 6.27. The summed E-state index contributed by atoms with van der Waals surface area (Å²) in [6.07, 6.45) is 1.45. The second-order valence-electron chi connectivity index (χ2n) is 5.16. The van der Waals surface area contributed by atoms with Gasteiger partial charge >= 0.3 is 0 Å². The molecule has 2 atom stereocenters. The summed E-state index contributed by atoms with van der Waals surface area (Å²) in [5, 5.41) is 0. The lowest BCUT2D eigenvalue weighted by atomic mass is 10.2. The quantitative estimate of drug-likeness (QED) is 0.828. The van der Waals surface area contributed by atoms with Crippen LogP contribution in [0, 0.1) is 0 Å². The maximum Gasteiger partial charge on any atom is 0.175 e. The minimum atomic E-state index is -3.22. The molecule has 0 radical (unpaired) electrons. The van der Waals surface area contributed by atoms with Crippen LogP contribution in [0.4, 0.5) is 11.4 Å². The van der Waals surface area contributed by atoms with Crippen molar-refractivity contribution in [3.63, 3.8) is 0 Å². The molecule has 0 saturated carbocycles. The van der Waals surface area contributed by atoms with Gasteiger partial charge in [-0.05, 0) is 32.0 Å². The van der Waals surface area contributed by atoms with Crippen LogP contribution in [-0.2, 0) is 14.6 Å². The third-order valence-electron chi connectivity index (χ3n) is 3.19. The van der Waals surface area contributed by atoms with Crippen LogP contribution in [0.3, 0.4) is 0 Å². The second kappa shape index (κ2) is 5.02. The second-order valence-corrected chi connectivity index (χ2v) is 7.17. The molecule has 1 aromatic rings. The zero-order valence-electron chi connectivity index (χ0n) is 11.5. The number of rotatable bonds is 2. The van der Waals surface area contributed by atoms with Gasteiger partial charge in [0.25, 0.3) is 0 Å². The van der Waals surface area contributed by atoms with Crippen molar-refractivity contribution in [3.8, 4) is 0 Å². The number of nitrogens with two attached hydrogens (primary N) is 1. The Morgan fingerprint density at radius 2 is 1.84 bits per heavy atom. The van der Waals surface area contributed by atoms with Gasteiger partial charge in [-0.15, -0.1) is 0 Å². The molecule has 5 nitrogen and oxygen atoms in total. The molecule has 1 saturated heterocycles. The van der Waals surface area contributed by atoms with Crippen molar-refractivity contribution in [1.82, 2.24) is 0 Å². The van der Waals surface area contributed by atoms with E-state index in [1.54, 1.807) is 12.1 Å². The first-order chi connectivity index (χ1) is 8.77. The zero-order valence-corrected chi connectivity index (χ0v) is 12.3. The van der Waals surface area contributed by atoms with Crippen LogP contribution >= 0.6 is 0 Å². The van der Waals surface area contributed by atoms with Crippen LogP contribution < -0.4 is 10.6 Å². The van der Waals surface area contributed by atoms with Crippen molar-refractivity contribution in [2.24, 2.45) is 0 Å². The van der Waals surface area contributed by atoms with Gasteiger partial charge in [0.1, 0.15) is 0 Å². The van der Waals surface area contributed by atoms with E-state index in [1.165, 1.54) is 12.3 Å². The number of morpholine rings is 1. The molecule has 1 fully saturated rings. The Hall–Kier alpha value is -1.27. The fourth-order valence-corrected chi connectivity index (χ4v) is 3.08. The molecule has 0 aromatic heterocycles. The highest BCUT2D eigenvalue weighted by Gasteiger charge is 2.24. The monoisotopic (exact) mass is 284 g/mol. The molecular formula is C13H20N2O3S. The third-order valence-corrected chi connectivity index (χ3v) is 4.30. The van der Waals surface area contributed by atoms with Crippen LogP contribution in [0.1, 0.15) is 13.8 Å². The number of hydrogen-bond donors (Lipinski definition) is 1. The number of nitrogen functional groups attached to an aromatic ring is 1. The standard InChI is InChI=1S/C13H20N2O3S/c1-9-7-15(8-10(2)18-9)13-5-4-11(6-12(13)14)19(3,16)17/h4-6,9-10H,7-8,14H2,1-3H3/t9-,10+. The molecule has 0 spiro atoms. The lowest BCUT2D eigenvalue weighted by Gasteiger charge is -2.37. The maximum atomic E-state index is 11.5. The molecule has 1 aliphatic heterocycles. The van der Waals surface area contributed by atoms with Crippen molar-refractivity contribution in [1.29, 1.82) is 0 Å². The van der Waals surface area contributed by atoms with E-state index in [2.05, 4.69) is 4.90 Å². The van der Waals surface area contributed by atoms with Gasteiger partial charge in [-0.25, -0.2) is 8.42 Å². The first kappa shape index (κ1) is 14.1. The molecule has 0 unspecified atom stereocenters. The molecule has 1 aromatic carbocycles. The molecule has 1 heterocycles. The van der Waals surface area contributed by atoms with Gasteiger partial charge in [-0.1, -0.05) is 0 Å². The summed E-state index contributed by atoms with van der Waals surface area (Å²) in [5.74, 6) is 0. The van der Waals surface area contributed by atoms with E-state index in [0.717, 1.165) is 18.8 Å². The largest absolute Gasteiger partial charge is 0.397 e. The van der Waals surface area contributed by atoms with Crippen LogP contribution in [0.2, 0.25) is 0 Å². The zero-order chi connectivity index (χ0) is 14.2. The number of nitrogens with zero attached hydrogens (tertiary/aromatic N) is 1. The highest BCUT2D eigenvalue weighted by atomic mass is 32.2. The van der Waals surface area contributed by atoms with E-state index in [9.17, 15) is 8.42 Å². The topological polar surface area (TPSA) is 72.6 Å². The van der Waals surface area contributed by atoms with Gasteiger partial charge < -0.3 is 15.4 Å². The molecule has 0 bridgehead atoms. The molecule has 1 aliphatic rings. The molecule has 6 heteroatoms. The Bertz CT molecular complexity index is 561. The normalized spacial score (nSPS) is 24.5. The van der Waals surface area contributed by atoms with Gasteiger partial charge in [0, 0.05) is 19.3 Å². The average Bonchev–Trinajstić information content (AvgIpc) is 2.26. The smallest absolute Gasteiger partial charge is 0.175 e. The summed E-state index contributed by atoms with van der Waals surface area (Å²) in [6.45, 7) is 5.55. The number of sulfone groups is 1. The van der Waals surface area contributed by atoms with Crippen LogP contribution in [0.15, 0.2) is 23.1 Å². The fourth-order valence-electron chi connectivity index (χ4n) is 2.43. The molecule has 106 valence electrons. The lowest BCUT2D eigenvalue weighted by Crippen LogP contribution is -2.45. The van der Waals surface area contributed by atoms with Gasteiger partial charge in [0.15, 0.2) is 9.84 Å². The molecule has 2 N–H and O–H groups in total. The van der Waals surface area contributed by atoms with E-state index in [0.29, 0.717) is 5.69 Å². The highest BCUT2D eigenvalue weighted by molar-refractivity contribution is 7.90. The summed E-state index contributed by atoms with van der Waals surface area (Å²) in [5.41, 5.74) is 7.35. The molecular weight excluding hydrogens is 264 g/mol. The number of anilines is 2. The SMILES string of the molecule is C[C@@H]1CN(c2ccc(S(C)(=O)=O)cc2N)C[C@H](C)O1. The maximum absolute atomic E-state index is 11.5. The summed E-state index contributed by atoms with van der Waals surface area (Å²) in [4.78, 5) is 2.39. The molecule has 0 amide bonds. The third kappa shape index (κ3) is 3.19. The predicted molar refractivity (Wildman–Crippen MR) is 76.2 cm³/mol. The number of hydrogen-bond acceptors (Lipinski definition) is 5. The Balaban J connectivity index is 2.31. The summed E-state index contributed by atoms with van der Waals surface area (Å²) < 4.78 is 28.7. The van der Waals surface area contributed by atoms with Crippen LogP contribution in [0.25, 0.3) is 0 Å².